The lowest BCUT2D eigenvalue weighted by Gasteiger charge is -2.29. The van der Waals surface area contributed by atoms with Crippen LogP contribution in [0.5, 0.6) is 0 Å². The molecule has 1 atom stereocenters. The average Bonchev–Trinajstić information content (AvgIpc) is 2.51. The molecular weight excluding hydrogens is 272 g/mol. The number of hydrogen-bond donors (Lipinski definition) is 2. The van der Waals surface area contributed by atoms with E-state index in [1.54, 1.807) is 12.1 Å². The van der Waals surface area contributed by atoms with Crippen LogP contribution in [0.1, 0.15) is 19.8 Å². The van der Waals surface area contributed by atoms with Crippen molar-refractivity contribution in [2.45, 2.75) is 25.8 Å². The van der Waals surface area contributed by atoms with Crippen molar-refractivity contribution in [3.8, 4) is 0 Å². The molecule has 6 heteroatoms. The molecule has 0 spiro atoms. The zero-order valence-corrected chi connectivity index (χ0v) is 12.4. The van der Waals surface area contributed by atoms with Gasteiger partial charge in [-0.25, -0.2) is 4.79 Å². The number of urea groups is 1. The molecule has 0 radical (unpaired) electrons. The molecule has 21 heavy (non-hydrogen) atoms. The number of esters is 1. The molecule has 0 saturated carbocycles. The molecule has 0 fully saturated rings. The normalized spacial score (nSPS) is 11.6. The fourth-order valence-corrected chi connectivity index (χ4v) is 1.93. The van der Waals surface area contributed by atoms with E-state index in [9.17, 15) is 14.7 Å². The van der Waals surface area contributed by atoms with E-state index < -0.39 is 0 Å². The van der Waals surface area contributed by atoms with Gasteiger partial charge in [0, 0.05) is 12.2 Å². The van der Waals surface area contributed by atoms with Gasteiger partial charge in [-0.05, 0) is 18.6 Å². The number of para-hydroxylation sites is 1. The van der Waals surface area contributed by atoms with Gasteiger partial charge in [0.2, 0.25) is 0 Å². The monoisotopic (exact) mass is 294 g/mol. The van der Waals surface area contributed by atoms with Crippen LogP contribution in [0.2, 0.25) is 0 Å². The lowest BCUT2D eigenvalue weighted by molar-refractivity contribution is -0.140. The first-order valence-electron chi connectivity index (χ1n) is 6.92. The van der Waals surface area contributed by atoms with E-state index in [0.29, 0.717) is 12.1 Å². The van der Waals surface area contributed by atoms with E-state index in [1.807, 2.05) is 25.1 Å². The van der Waals surface area contributed by atoms with Gasteiger partial charge in [-0.3, -0.25) is 4.79 Å². The first-order chi connectivity index (χ1) is 10.1. The fraction of sp³-hybridized carbons (Fsp3) is 0.467. The number of aliphatic hydroxyl groups excluding tert-OH is 1. The van der Waals surface area contributed by atoms with Gasteiger partial charge in [0.15, 0.2) is 0 Å². The number of benzene rings is 1. The van der Waals surface area contributed by atoms with Crippen molar-refractivity contribution in [3.05, 3.63) is 30.3 Å². The lowest BCUT2D eigenvalue weighted by atomic mass is 10.2. The van der Waals surface area contributed by atoms with Crippen molar-refractivity contribution < 1.29 is 19.4 Å². The Bertz CT molecular complexity index is 446. The van der Waals surface area contributed by atoms with Crippen molar-refractivity contribution >= 4 is 17.7 Å². The van der Waals surface area contributed by atoms with Crippen molar-refractivity contribution in [2.24, 2.45) is 0 Å². The molecule has 0 aromatic heterocycles. The van der Waals surface area contributed by atoms with E-state index in [4.69, 9.17) is 0 Å². The number of carbonyl (C=O) groups excluding carboxylic acids is 2. The van der Waals surface area contributed by atoms with Crippen LogP contribution in [-0.4, -0.2) is 48.3 Å². The van der Waals surface area contributed by atoms with Gasteiger partial charge in [0.1, 0.15) is 0 Å². The predicted octanol–water partition coefficient (Wildman–Crippen LogP) is 1.85. The summed E-state index contributed by atoms with van der Waals surface area (Å²) in [5, 5.41) is 12.2. The van der Waals surface area contributed by atoms with Gasteiger partial charge in [0.25, 0.3) is 0 Å². The maximum Gasteiger partial charge on any atom is 0.322 e. The molecule has 1 aromatic rings. The van der Waals surface area contributed by atoms with Crippen LogP contribution in [0.4, 0.5) is 10.5 Å². The van der Waals surface area contributed by atoms with Crippen LogP contribution in [0.15, 0.2) is 30.3 Å². The average molecular weight is 294 g/mol. The third-order valence-corrected chi connectivity index (χ3v) is 3.19. The molecular formula is C15H22N2O4. The van der Waals surface area contributed by atoms with Gasteiger partial charge in [-0.1, -0.05) is 25.1 Å². The molecule has 2 amide bonds. The van der Waals surface area contributed by atoms with Crippen LogP contribution in [0.25, 0.3) is 0 Å². The summed E-state index contributed by atoms with van der Waals surface area (Å²) in [6, 6.07) is 8.36. The van der Waals surface area contributed by atoms with E-state index in [0.717, 1.165) is 0 Å². The van der Waals surface area contributed by atoms with Crippen LogP contribution in [0.3, 0.4) is 0 Å². The predicted molar refractivity (Wildman–Crippen MR) is 80.0 cm³/mol. The third-order valence-electron chi connectivity index (χ3n) is 3.19. The molecule has 1 aromatic carbocycles. The highest BCUT2D eigenvalue weighted by atomic mass is 16.5. The first kappa shape index (κ1) is 17.0. The number of methoxy groups -OCH3 is 1. The molecule has 0 aliphatic heterocycles. The SMILES string of the molecule is CCC(CO)N(CCC(=O)OC)C(=O)Nc1ccccc1. The number of aliphatic hydroxyl groups is 1. The number of carbonyl (C=O) groups is 2. The molecule has 0 heterocycles. The van der Waals surface area contributed by atoms with Crippen molar-refractivity contribution in [3.63, 3.8) is 0 Å². The molecule has 0 saturated heterocycles. The Morgan fingerprint density at radius 1 is 1.33 bits per heavy atom. The van der Waals surface area contributed by atoms with Gasteiger partial charge in [-0.2, -0.15) is 0 Å². The second-order valence-corrected chi connectivity index (χ2v) is 4.56. The highest BCUT2D eigenvalue weighted by molar-refractivity contribution is 5.89. The summed E-state index contributed by atoms with van der Waals surface area (Å²) >= 11 is 0. The molecule has 0 aliphatic carbocycles. The number of anilines is 1. The highest BCUT2D eigenvalue weighted by Crippen LogP contribution is 2.11. The van der Waals surface area contributed by atoms with Crippen LogP contribution in [-0.2, 0) is 9.53 Å². The maximum absolute atomic E-state index is 12.3. The summed E-state index contributed by atoms with van der Waals surface area (Å²) in [6.45, 7) is 1.92. The van der Waals surface area contributed by atoms with Crippen LogP contribution < -0.4 is 5.32 Å². The number of rotatable bonds is 7. The zero-order chi connectivity index (χ0) is 15.7. The van der Waals surface area contributed by atoms with Crippen molar-refractivity contribution in [1.29, 1.82) is 0 Å². The summed E-state index contributed by atoms with van der Waals surface area (Å²) in [4.78, 5) is 25.0. The lowest BCUT2D eigenvalue weighted by Crippen LogP contribution is -2.45. The largest absolute Gasteiger partial charge is 0.469 e. The smallest absolute Gasteiger partial charge is 0.322 e. The van der Waals surface area contributed by atoms with Crippen LogP contribution in [0, 0.1) is 0 Å². The molecule has 116 valence electrons. The number of ether oxygens (including phenoxy) is 1. The summed E-state index contributed by atoms with van der Waals surface area (Å²) < 4.78 is 4.59. The van der Waals surface area contributed by atoms with Crippen molar-refractivity contribution in [2.75, 3.05) is 25.6 Å². The van der Waals surface area contributed by atoms with E-state index in [-0.39, 0.29) is 37.6 Å². The van der Waals surface area contributed by atoms with E-state index in [2.05, 4.69) is 10.1 Å². The maximum atomic E-state index is 12.3. The number of nitrogens with one attached hydrogen (secondary N) is 1. The second kappa shape index (κ2) is 8.97. The van der Waals surface area contributed by atoms with Gasteiger partial charge < -0.3 is 20.1 Å². The number of nitrogens with zero attached hydrogens (tertiary/aromatic N) is 1. The zero-order valence-electron chi connectivity index (χ0n) is 12.4. The fourth-order valence-electron chi connectivity index (χ4n) is 1.93. The third kappa shape index (κ3) is 5.43. The molecule has 2 N–H and O–H groups in total. The summed E-state index contributed by atoms with van der Waals surface area (Å²) in [5.74, 6) is -0.389. The minimum atomic E-state index is -0.389. The summed E-state index contributed by atoms with van der Waals surface area (Å²) in [7, 11) is 1.31. The van der Waals surface area contributed by atoms with Gasteiger partial charge in [0.05, 0.1) is 26.2 Å². The van der Waals surface area contributed by atoms with Crippen LogP contribution >= 0.6 is 0 Å². The minimum absolute atomic E-state index is 0.0925. The Hall–Kier alpha value is -2.08. The number of amides is 2. The molecule has 1 unspecified atom stereocenters. The highest BCUT2D eigenvalue weighted by Gasteiger charge is 2.22. The first-order valence-corrected chi connectivity index (χ1v) is 6.92. The van der Waals surface area contributed by atoms with E-state index in [1.165, 1.54) is 12.0 Å². The Kier molecular flexibility index (Phi) is 7.25. The second-order valence-electron chi connectivity index (χ2n) is 4.56. The standard InChI is InChI=1S/C15H22N2O4/c1-3-13(11-18)17(10-9-14(19)21-2)15(20)16-12-7-5-4-6-8-12/h4-8,13,18H,3,9-11H2,1-2H3,(H,16,20). The Morgan fingerprint density at radius 3 is 2.52 bits per heavy atom. The van der Waals surface area contributed by atoms with Crippen molar-refractivity contribution in [1.82, 2.24) is 4.90 Å². The quantitative estimate of drug-likeness (QED) is 0.752. The minimum Gasteiger partial charge on any atom is -0.469 e. The number of hydrogen-bond acceptors (Lipinski definition) is 4. The Balaban J connectivity index is 2.74. The molecule has 0 aliphatic rings. The van der Waals surface area contributed by atoms with Gasteiger partial charge in [-0.15, -0.1) is 0 Å². The Morgan fingerprint density at radius 2 is 2.00 bits per heavy atom. The van der Waals surface area contributed by atoms with Gasteiger partial charge >= 0.3 is 12.0 Å². The molecule has 0 bridgehead atoms. The summed E-state index contributed by atoms with van der Waals surface area (Å²) in [6.07, 6.45) is 0.690. The van der Waals surface area contributed by atoms with E-state index >= 15 is 0 Å². The summed E-state index contributed by atoms with van der Waals surface area (Å²) in [5.41, 5.74) is 0.665. The topological polar surface area (TPSA) is 78.9 Å². The molecule has 6 nitrogen and oxygen atoms in total. The molecule has 1 rings (SSSR count). The Labute approximate surface area is 124 Å².